The van der Waals surface area contributed by atoms with Crippen molar-refractivity contribution in [3.8, 4) is 0 Å². The van der Waals surface area contributed by atoms with Crippen molar-refractivity contribution in [2.75, 3.05) is 24.5 Å². The number of amides is 1. The number of carbonyl (C=O) groups excluding carboxylic acids is 1. The average Bonchev–Trinajstić information content (AvgIpc) is 2.65. The number of anilines is 1. The van der Waals surface area contributed by atoms with Gasteiger partial charge in [-0.25, -0.2) is 9.97 Å². The van der Waals surface area contributed by atoms with Gasteiger partial charge in [0.15, 0.2) is 5.88 Å². The molecule has 0 aromatic carbocycles. The number of aliphatic hydroxyl groups is 1. The molecule has 0 atom stereocenters. The number of hydrogen-bond donors (Lipinski definition) is 1. The molecule has 0 saturated carbocycles. The molecule has 2 aliphatic rings. The Morgan fingerprint density at radius 2 is 2.05 bits per heavy atom. The summed E-state index contributed by atoms with van der Waals surface area (Å²) in [5.41, 5.74) is 1.18. The molecule has 3 heterocycles. The number of aromatic nitrogens is 2. The third kappa shape index (κ3) is 2.57. The van der Waals surface area contributed by atoms with Crippen LogP contribution in [0.5, 0.6) is 0 Å². The molecule has 1 amide bonds. The smallest absolute Gasteiger partial charge is 0.264 e. The van der Waals surface area contributed by atoms with Gasteiger partial charge in [0.2, 0.25) is 5.95 Å². The normalized spacial score (nSPS) is 19.1. The standard InChI is InChI=1S/C15H20N4O2/c1-2-19-13(20)7-6-12-11(14(19)21)10-16-15(17-12)18-8-4-3-5-9-18/h7,10,20H,2-6,8-9H2,1H3. The fourth-order valence-corrected chi connectivity index (χ4v) is 2.84. The van der Waals surface area contributed by atoms with E-state index >= 15 is 0 Å². The molecular formula is C15H20N4O2. The van der Waals surface area contributed by atoms with Crippen molar-refractivity contribution in [1.82, 2.24) is 14.9 Å². The van der Waals surface area contributed by atoms with Gasteiger partial charge in [-0.1, -0.05) is 0 Å². The summed E-state index contributed by atoms with van der Waals surface area (Å²) in [5, 5.41) is 9.92. The van der Waals surface area contributed by atoms with Gasteiger partial charge in [0, 0.05) is 32.3 Å². The molecule has 21 heavy (non-hydrogen) atoms. The van der Waals surface area contributed by atoms with E-state index in [-0.39, 0.29) is 11.8 Å². The van der Waals surface area contributed by atoms with Gasteiger partial charge in [0.1, 0.15) is 0 Å². The van der Waals surface area contributed by atoms with Crippen molar-refractivity contribution in [3.63, 3.8) is 0 Å². The van der Waals surface area contributed by atoms with Crippen LogP contribution < -0.4 is 4.90 Å². The van der Waals surface area contributed by atoms with Crippen LogP contribution in [0.3, 0.4) is 0 Å². The summed E-state index contributed by atoms with van der Waals surface area (Å²) in [6.45, 7) is 4.19. The molecule has 6 nitrogen and oxygen atoms in total. The highest BCUT2D eigenvalue weighted by Gasteiger charge is 2.26. The first kappa shape index (κ1) is 13.9. The van der Waals surface area contributed by atoms with Crippen LogP contribution in [0.1, 0.15) is 42.2 Å². The predicted octanol–water partition coefficient (Wildman–Crippen LogP) is 1.88. The van der Waals surface area contributed by atoms with Crippen LogP contribution in [0.2, 0.25) is 0 Å². The zero-order valence-electron chi connectivity index (χ0n) is 12.2. The Bertz CT molecular complexity index is 579. The predicted molar refractivity (Wildman–Crippen MR) is 79.2 cm³/mol. The number of rotatable bonds is 2. The Labute approximate surface area is 124 Å². The summed E-state index contributed by atoms with van der Waals surface area (Å²) in [7, 11) is 0. The van der Waals surface area contributed by atoms with Crippen LogP contribution in [0.15, 0.2) is 18.2 Å². The fraction of sp³-hybridized carbons (Fsp3) is 0.533. The summed E-state index contributed by atoms with van der Waals surface area (Å²) >= 11 is 0. The zero-order chi connectivity index (χ0) is 14.8. The second-order valence-electron chi connectivity index (χ2n) is 5.39. The second kappa shape index (κ2) is 5.71. The Hall–Kier alpha value is -2.11. The molecule has 1 N–H and O–H groups in total. The van der Waals surface area contributed by atoms with E-state index in [1.54, 1.807) is 12.3 Å². The SMILES string of the molecule is CCN1C(=O)c2cnc(N3CCCCC3)nc2CC=C1O. The van der Waals surface area contributed by atoms with Crippen molar-refractivity contribution in [1.29, 1.82) is 0 Å². The fourth-order valence-electron chi connectivity index (χ4n) is 2.84. The van der Waals surface area contributed by atoms with Crippen LogP contribution >= 0.6 is 0 Å². The average molecular weight is 288 g/mol. The molecule has 2 aliphatic heterocycles. The van der Waals surface area contributed by atoms with E-state index in [4.69, 9.17) is 0 Å². The van der Waals surface area contributed by atoms with Gasteiger partial charge < -0.3 is 10.0 Å². The lowest BCUT2D eigenvalue weighted by atomic mass is 10.1. The Kier molecular flexibility index (Phi) is 3.77. The number of nitrogens with zero attached hydrogens (tertiary/aromatic N) is 4. The quantitative estimate of drug-likeness (QED) is 0.900. The third-order valence-corrected chi connectivity index (χ3v) is 4.04. The van der Waals surface area contributed by atoms with E-state index in [0.717, 1.165) is 25.9 Å². The topological polar surface area (TPSA) is 69.6 Å². The molecule has 1 aromatic rings. The molecule has 0 radical (unpaired) electrons. The molecule has 3 rings (SSSR count). The molecule has 0 unspecified atom stereocenters. The highest BCUT2D eigenvalue weighted by atomic mass is 16.3. The van der Waals surface area contributed by atoms with Gasteiger partial charge in [-0.05, 0) is 32.3 Å². The first-order chi connectivity index (χ1) is 10.2. The lowest BCUT2D eigenvalue weighted by Gasteiger charge is -2.27. The lowest BCUT2D eigenvalue weighted by molar-refractivity contribution is 0.0739. The van der Waals surface area contributed by atoms with Crippen LogP contribution in [0, 0.1) is 0 Å². The summed E-state index contributed by atoms with van der Waals surface area (Å²) in [6, 6.07) is 0. The maximum Gasteiger partial charge on any atom is 0.264 e. The van der Waals surface area contributed by atoms with Crippen molar-refractivity contribution in [2.45, 2.75) is 32.6 Å². The van der Waals surface area contributed by atoms with E-state index < -0.39 is 0 Å². The number of allylic oxidation sites excluding steroid dienone is 1. The van der Waals surface area contributed by atoms with Gasteiger partial charge in [0.05, 0.1) is 11.3 Å². The van der Waals surface area contributed by atoms with Crippen molar-refractivity contribution < 1.29 is 9.90 Å². The summed E-state index contributed by atoms with van der Waals surface area (Å²) in [6.07, 6.45) is 7.26. The van der Waals surface area contributed by atoms with Crippen molar-refractivity contribution in [3.05, 3.63) is 29.4 Å². The Morgan fingerprint density at radius 3 is 2.76 bits per heavy atom. The highest BCUT2D eigenvalue weighted by Crippen LogP contribution is 2.22. The molecule has 112 valence electrons. The minimum absolute atomic E-state index is 0.0000208. The third-order valence-electron chi connectivity index (χ3n) is 4.04. The van der Waals surface area contributed by atoms with Gasteiger partial charge in [0.25, 0.3) is 5.91 Å². The molecular weight excluding hydrogens is 268 g/mol. The summed E-state index contributed by atoms with van der Waals surface area (Å²) < 4.78 is 0. The first-order valence-corrected chi connectivity index (χ1v) is 7.52. The number of aliphatic hydroxyl groups excluding tert-OH is 1. The van der Waals surface area contributed by atoms with E-state index in [1.807, 2.05) is 6.92 Å². The van der Waals surface area contributed by atoms with Gasteiger partial charge in [-0.15, -0.1) is 0 Å². The van der Waals surface area contributed by atoms with Gasteiger partial charge in [-0.2, -0.15) is 0 Å². The largest absolute Gasteiger partial charge is 0.495 e. The molecule has 1 saturated heterocycles. The Balaban J connectivity index is 1.94. The van der Waals surface area contributed by atoms with Crippen LogP contribution in [-0.2, 0) is 6.42 Å². The number of hydrogen-bond acceptors (Lipinski definition) is 5. The van der Waals surface area contributed by atoms with E-state index in [2.05, 4.69) is 14.9 Å². The number of carbonyl (C=O) groups is 1. The number of piperidine rings is 1. The molecule has 6 heteroatoms. The highest BCUT2D eigenvalue weighted by molar-refractivity contribution is 5.96. The maximum absolute atomic E-state index is 12.4. The summed E-state index contributed by atoms with van der Waals surface area (Å²) in [4.78, 5) is 24.8. The van der Waals surface area contributed by atoms with Crippen LogP contribution in [0.25, 0.3) is 0 Å². The minimum Gasteiger partial charge on any atom is -0.495 e. The maximum atomic E-state index is 12.4. The minimum atomic E-state index is -0.232. The van der Waals surface area contributed by atoms with Crippen molar-refractivity contribution in [2.24, 2.45) is 0 Å². The lowest BCUT2D eigenvalue weighted by Crippen LogP contribution is -2.32. The molecule has 1 aromatic heterocycles. The number of fused-ring (bicyclic) bond motifs is 1. The van der Waals surface area contributed by atoms with E-state index in [0.29, 0.717) is 30.2 Å². The molecule has 0 aliphatic carbocycles. The molecule has 0 bridgehead atoms. The molecule has 0 spiro atoms. The zero-order valence-corrected chi connectivity index (χ0v) is 12.2. The monoisotopic (exact) mass is 288 g/mol. The van der Waals surface area contributed by atoms with Crippen molar-refractivity contribution >= 4 is 11.9 Å². The Morgan fingerprint density at radius 1 is 1.29 bits per heavy atom. The van der Waals surface area contributed by atoms with E-state index in [1.165, 1.54) is 11.3 Å². The first-order valence-electron chi connectivity index (χ1n) is 7.52. The van der Waals surface area contributed by atoms with Crippen LogP contribution in [0.4, 0.5) is 5.95 Å². The van der Waals surface area contributed by atoms with Gasteiger partial charge >= 0.3 is 0 Å². The van der Waals surface area contributed by atoms with E-state index in [9.17, 15) is 9.90 Å². The van der Waals surface area contributed by atoms with Crippen LogP contribution in [-0.4, -0.2) is 45.5 Å². The van der Waals surface area contributed by atoms with Gasteiger partial charge in [-0.3, -0.25) is 9.69 Å². The second-order valence-corrected chi connectivity index (χ2v) is 5.39. The summed E-state index contributed by atoms with van der Waals surface area (Å²) in [5.74, 6) is 0.461. The molecule has 1 fully saturated rings.